The van der Waals surface area contributed by atoms with Crippen molar-refractivity contribution in [1.82, 2.24) is 9.80 Å². The molecule has 2 heterocycles. The minimum absolute atomic E-state index is 0.0232. The largest absolute Gasteiger partial charge is 0.491 e. The predicted molar refractivity (Wildman–Crippen MR) is 137 cm³/mol. The van der Waals surface area contributed by atoms with Crippen molar-refractivity contribution in [3.8, 4) is 5.75 Å². The normalized spacial score (nSPS) is 16.2. The maximum Gasteiger partial charge on any atom is 0.237 e. The van der Waals surface area contributed by atoms with E-state index in [4.69, 9.17) is 4.74 Å². The van der Waals surface area contributed by atoms with Gasteiger partial charge in [-0.3, -0.25) is 9.69 Å². The zero-order chi connectivity index (χ0) is 24.6. The molecule has 1 aromatic heterocycles. The Balaban J connectivity index is 1.42. The molecule has 0 bridgehead atoms. The van der Waals surface area contributed by atoms with Crippen LogP contribution in [0, 0.1) is 5.82 Å². The number of nitrogens with zero attached hydrogens (tertiary/aromatic N) is 2. The van der Waals surface area contributed by atoms with E-state index < -0.39 is 6.10 Å². The number of hydrogen-bond donors (Lipinski definition) is 1. The second-order valence-corrected chi connectivity index (χ2v) is 10.00. The SMILES string of the molecule is CCCN(CC(=O)N1CCc2sccc2[C@H]1COc1cccc(F)c1)C[C@@H](O)Cc1ccccc1. The first-order chi connectivity index (χ1) is 17.0. The van der Waals surface area contributed by atoms with Crippen molar-refractivity contribution < 1.29 is 19.0 Å². The smallest absolute Gasteiger partial charge is 0.237 e. The van der Waals surface area contributed by atoms with Gasteiger partial charge in [0.25, 0.3) is 0 Å². The van der Waals surface area contributed by atoms with E-state index in [1.807, 2.05) is 40.1 Å². The number of rotatable bonds is 11. The molecule has 0 fully saturated rings. The van der Waals surface area contributed by atoms with Crippen LogP contribution in [0.1, 0.15) is 35.4 Å². The van der Waals surface area contributed by atoms with E-state index in [1.54, 1.807) is 23.5 Å². The Morgan fingerprint density at radius 1 is 1.23 bits per heavy atom. The summed E-state index contributed by atoms with van der Waals surface area (Å²) in [6.07, 6.45) is 1.72. The van der Waals surface area contributed by atoms with E-state index in [0.29, 0.717) is 25.3 Å². The Bertz CT molecular complexity index is 1090. The Morgan fingerprint density at radius 2 is 2.06 bits per heavy atom. The summed E-state index contributed by atoms with van der Waals surface area (Å²) in [7, 11) is 0. The van der Waals surface area contributed by atoms with E-state index in [-0.39, 0.29) is 30.9 Å². The van der Waals surface area contributed by atoms with Crippen LogP contribution in [0.5, 0.6) is 5.75 Å². The molecule has 4 rings (SSSR count). The molecule has 0 radical (unpaired) electrons. The third kappa shape index (κ3) is 6.90. The first-order valence-corrected chi connectivity index (χ1v) is 13.1. The summed E-state index contributed by atoms with van der Waals surface area (Å²) >= 11 is 1.70. The van der Waals surface area contributed by atoms with Crippen molar-refractivity contribution in [1.29, 1.82) is 0 Å². The lowest BCUT2D eigenvalue weighted by Gasteiger charge is -2.37. The van der Waals surface area contributed by atoms with Crippen LogP contribution < -0.4 is 4.74 Å². The molecule has 0 saturated carbocycles. The number of benzene rings is 2. The van der Waals surface area contributed by atoms with Crippen LogP contribution in [0.2, 0.25) is 0 Å². The van der Waals surface area contributed by atoms with Crippen LogP contribution in [-0.2, 0) is 17.6 Å². The minimum Gasteiger partial charge on any atom is -0.491 e. The van der Waals surface area contributed by atoms with E-state index in [2.05, 4.69) is 18.4 Å². The quantitative estimate of drug-likeness (QED) is 0.418. The molecule has 7 heteroatoms. The number of amides is 1. The highest BCUT2D eigenvalue weighted by Crippen LogP contribution is 2.34. The number of carbonyl (C=O) groups is 1. The van der Waals surface area contributed by atoms with E-state index in [0.717, 1.165) is 30.5 Å². The molecule has 2 aromatic carbocycles. The highest BCUT2D eigenvalue weighted by atomic mass is 32.1. The number of ether oxygens (including phenoxy) is 1. The fraction of sp³-hybridized carbons (Fsp3) is 0.393. The van der Waals surface area contributed by atoms with Crippen molar-refractivity contribution in [2.75, 3.05) is 32.8 Å². The molecule has 186 valence electrons. The number of hydrogen-bond acceptors (Lipinski definition) is 5. The third-order valence-corrected chi connectivity index (χ3v) is 7.30. The van der Waals surface area contributed by atoms with Crippen LogP contribution in [-0.4, -0.2) is 59.7 Å². The Hall–Kier alpha value is -2.74. The molecule has 0 saturated heterocycles. The Labute approximate surface area is 210 Å². The predicted octanol–water partition coefficient (Wildman–Crippen LogP) is 4.71. The summed E-state index contributed by atoms with van der Waals surface area (Å²) in [4.78, 5) is 18.7. The van der Waals surface area contributed by atoms with Gasteiger partial charge in [-0.1, -0.05) is 43.3 Å². The molecular weight excluding hydrogens is 463 g/mol. The van der Waals surface area contributed by atoms with Crippen molar-refractivity contribution in [2.45, 2.75) is 38.3 Å². The molecule has 0 aliphatic carbocycles. The molecule has 1 amide bonds. The first kappa shape index (κ1) is 25.4. The average molecular weight is 497 g/mol. The molecule has 35 heavy (non-hydrogen) atoms. The van der Waals surface area contributed by atoms with Gasteiger partial charge >= 0.3 is 0 Å². The van der Waals surface area contributed by atoms with Crippen molar-refractivity contribution in [3.05, 3.63) is 87.9 Å². The molecule has 2 atom stereocenters. The number of halogens is 1. The lowest BCUT2D eigenvalue weighted by molar-refractivity contribution is -0.136. The Kier molecular flexibility index (Phi) is 8.90. The van der Waals surface area contributed by atoms with Gasteiger partial charge in [0, 0.05) is 24.0 Å². The minimum atomic E-state index is -0.548. The lowest BCUT2D eigenvalue weighted by atomic mass is 10.00. The fourth-order valence-electron chi connectivity index (χ4n) is 4.69. The zero-order valence-corrected chi connectivity index (χ0v) is 20.9. The molecular formula is C28H33FN2O3S. The molecule has 1 aliphatic heterocycles. The van der Waals surface area contributed by atoms with Gasteiger partial charge in [0.15, 0.2) is 0 Å². The van der Waals surface area contributed by atoms with Crippen molar-refractivity contribution in [2.24, 2.45) is 0 Å². The summed E-state index contributed by atoms with van der Waals surface area (Å²) in [5, 5.41) is 12.7. The lowest BCUT2D eigenvalue weighted by Crippen LogP contribution is -2.48. The van der Waals surface area contributed by atoms with E-state index in [9.17, 15) is 14.3 Å². The third-order valence-electron chi connectivity index (χ3n) is 6.30. The molecule has 1 aliphatic rings. The molecule has 0 unspecified atom stereocenters. The second-order valence-electron chi connectivity index (χ2n) is 9.00. The average Bonchev–Trinajstić information content (AvgIpc) is 3.32. The van der Waals surface area contributed by atoms with E-state index in [1.165, 1.54) is 17.0 Å². The van der Waals surface area contributed by atoms with Crippen molar-refractivity contribution >= 4 is 17.2 Å². The zero-order valence-electron chi connectivity index (χ0n) is 20.1. The maximum absolute atomic E-state index is 13.6. The van der Waals surface area contributed by atoms with Gasteiger partial charge < -0.3 is 14.7 Å². The van der Waals surface area contributed by atoms with Gasteiger partial charge in [0.1, 0.15) is 18.2 Å². The topological polar surface area (TPSA) is 53.0 Å². The highest BCUT2D eigenvalue weighted by Gasteiger charge is 2.33. The molecule has 5 nitrogen and oxygen atoms in total. The van der Waals surface area contributed by atoms with Gasteiger partial charge in [-0.05, 0) is 60.5 Å². The number of fused-ring (bicyclic) bond motifs is 1. The Morgan fingerprint density at radius 3 is 2.83 bits per heavy atom. The first-order valence-electron chi connectivity index (χ1n) is 12.2. The number of thiophene rings is 1. The highest BCUT2D eigenvalue weighted by molar-refractivity contribution is 7.10. The molecule has 3 aromatic rings. The van der Waals surface area contributed by atoms with Gasteiger partial charge in [0.05, 0.1) is 18.7 Å². The van der Waals surface area contributed by atoms with Gasteiger partial charge in [-0.15, -0.1) is 11.3 Å². The summed E-state index contributed by atoms with van der Waals surface area (Å²) < 4.78 is 19.5. The molecule has 1 N–H and O–H groups in total. The van der Waals surface area contributed by atoms with Crippen LogP contribution in [0.25, 0.3) is 0 Å². The van der Waals surface area contributed by atoms with Crippen LogP contribution in [0.15, 0.2) is 66.0 Å². The monoisotopic (exact) mass is 496 g/mol. The molecule has 0 spiro atoms. The van der Waals surface area contributed by atoms with Gasteiger partial charge in [0.2, 0.25) is 5.91 Å². The van der Waals surface area contributed by atoms with Crippen LogP contribution in [0.3, 0.4) is 0 Å². The maximum atomic E-state index is 13.6. The number of aliphatic hydroxyl groups excluding tert-OH is 1. The summed E-state index contributed by atoms with van der Waals surface area (Å²) in [5.41, 5.74) is 2.19. The number of carbonyl (C=O) groups excluding carboxylic acids is 1. The number of aliphatic hydroxyl groups is 1. The standard InChI is InChI=1S/C28H33FN2O3S/c1-2-13-30(18-23(32)16-21-7-4-3-5-8-21)19-28(33)31-14-11-27-25(12-15-35-27)26(31)20-34-24-10-6-9-22(29)17-24/h3-10,12,15,17,23,26,32H,2,11,13-14,16,18-20H2,1H3/t23-,26+/m0/s1. The van der Waals surface area contributed by atoms with E-state index >= 15 is 0 Å². The van der Waals surface area contributed by atoms with Crippen molar-refractivity contribution in [3.63, 3.8) is 0 Å². The van der Waals surface area contributed by atoms with Crippen LogP contribution >= 0.6 is 11.3 Å². The summed E-state index contributed by atoms with van der Waals surface area (Å²) in [6, 6.07) is 17.8. The fourth-order valence-corrected chi connectivity index (χ4v) is 5.62. The summed E-state index contributed by atoms with van der Waals surface area (Å²) in [6.45, 7) is 4.39. The summed E-state index contributed by atoms with van der Waals surface area (Å²) in [5.74, 6) is 0.131. The second kappa shape index (κ2) is 12.3. The van der Waals surface area contributed by atoms with Gasteiger partial charge in [-0.25, -0.2) is 4.39 Å². The van der Waals surface area contributed by atoms with Gasteiger partial charge in [-0.2, -0.15) is 0 Å². The van der Waals surface area contributed by atoms with Crippen LogP contribution in [0.4, 0.5) is 4.39 Å².